The van der Waals surface area contributed by atoms with Gasteiger partial charge in [0.2, 0.25) is 0 Å². The van der Waals surface area contributed by atoms with Crippen molar-refractivity contribution in [3.8, 4) is 11.1 Å². The van der Waals surface area contributed by atoms with Gasteiger partial charge in [0.15, 0.2) is 11.0 Å². The second-order valence-corrected chi connectivity index (χ2v) is 4.37. The molecule has 0 aliphatic carbocycles. The molecule has 0 spiro atoms. The van der Waals surface area contributed by atoms with Crippen LogP contribution in [0.5, 0.6) is 0 Å². The molecule has 0 radical (unpaired) electrons. The zero-order chi connectivity index (χ0) is 12.3. The van der Waals surface area contributed by atoms with Gasteiger partial charge in [0.1, 0.15) is 5.15 Å². The predicted octanol–water partition coefficient (Wildman–Crippen LogP) is 2.80. The Morgan fingerprint density at radius 1 is 1.24 bits per heavy atom. The molecule has 1 heterocycles. The van der Waals surface area contributed by atoms with Gasteiger partial charge in [-0.05, 0) is 11.8 Å². The minimum Gasteiger partial charge on any atom is -0.308 e. The summed E-state index contributed by atoms with van der Waals surface area (Å²) >= 11 is 7.58. The topological polar surface area (TPSA) is 63.8 Å². The van der Waals surface area contributed by atoms with Crippen LogP contribution in [0.25, 0.3) is 11.1 Å². The van der Waals surface area contributed by atoms with Crippen molar-refractivity contribution >= 4 is 29.2 Å². The van der Waals surface area contributed by atoms with Crippen LogP contribution in [0, 0.1) is 0 Å². The first kappa shape index (κ1) is 12.2. The second-order valence-electron chi connectivity index (χ2n) is 3.24. The third-order valence-electron chi connectivity index (χ3n) is 2.23. The largest absolute Gasteiger partial charge is 0.308 e. The molecule has 0 saturated carbocycles. The molecule has 0 unspecified atom stereocenters. The van der Waals surface area contributed by atoms with Crippen LogP contribution in [-0.2, 0) is 0 Å². The Hall–Kier alpha value is -1.30. The smallest absolute Gasteiger partial charge is 0.190 e. The Labute approximate surface area is 109 Å². The zero-order valence-corrected chi connectivity index (χ0v) is 10.7. The van der Waals surface area contributed by atoms with Crippen LogP contribution < -0.4 is 11.3 Å². The van der Waals surface area contributed by atoms with Crippen molar-refractivity contribution in [2.45, 2.75) is 5.16 Å². The second kappa shape index (κ2) is 5.35. The summed E-state index contributed by atoms with van der Waals surface area (Å²) in [6.07, 6.45) is 1.88. The molecule has 0 bridgehead atoms. The lowest BCUT2D eigenvalue weighted by Gasteiger charge is -2.10. The first-order valence-corrected chi connectivity index (χ1v) is 6.50. The number of nitrogens with two attached hydrogens (primary N) is 1. The van der Waals surface area contributed by atoms with Gasteiger partial charge in [0, 0.05) is 0 Å². The predicted molar refractivity (Wildman–Crippen MR) is 72.1 cm³/mol. The lowest BCUT2D eigenvalue weighted by molar-refractivity contribution is 0.969. The Morgan fingerprint density at radius 3 is 2.53 bits per heavy atom. The van der Waals surface area contributed by atoms with Gasteiger partial charge in [0.25, 0.3) is 0 Å². The van der Waals surface area contributed by atoms with Gasteiger partial charge in [-0.15, -0.1) is 0 Å². The van der Waals surface area contributed by atoms with Gasteiger partial charge in [-0.2, -0.15) is 0 Å². The fourth-order valence-electron chi connectivity index (χ4n) is 1.47. The van der Waals surface area contributed by atoms with E-state index in [0.29, 0.717) is 21.7 Å². The van der Waals surface area contributed by atoms with Crippen LogP contribution in [0.3, 0.4) is 0 Å². The maximum atomic E-state index is 6.17. The number of rotatable bonds is 3. The molecule has 3 N–H and O–H groups in total. The Kier molecular flexibility index (Phi) is 3.83. The number of benzene rings is 1. The molecule has 0 aliphatic rings. The molecule has 1 aromatic carbocycles. The van der Waals surface area contributed by atoms with Crippen LogP contribution in [0.2, 0.25) is 5.15 Å². The summed E-state index contributed by atoms with van der Waals surface area (Å²) in [4.78, 5) is 8.48. The highest BCUT2D eigenvalue weighted by molar-refractivity contribution is 7.98. The number of nitrogen functional groups attached to an aromatic ring is 1. The van der Waals surface area contributed by atoms with Gasteiger partial charge >= 0.3 is 0 Å². The molecule has 0 amide bonds. The molecule has 4 nitrogen and oxygen atoms in total. The maximum absolute atomic E-state index is 6.17. The van der Waals surface area contributed by atoms with E-state index in [1.54, 1.807) is 0 Å². The summed E-state index contributed by atoms with van der Waals surface area (Å²) in [5.41, 5.74) is 4.20. The number of halogens is 1. The molecule has 1 aromatic heterocycles. The van der Waals surface area contributed by atoms with Crippen molar-refractivity contribution in [2.75, 3.05) is 11.7 Å². The van der Waals surface area contributed by atoms with Crippen molar-refractivity contribution in [3.63, 3.8) is 0 Å². The first-order valence-electron chi connectivity index (χ1n) is 4.90. The van der Waals surface area contributed by atoms with Crippen molar-refractivity contribution in [1.29, 1.82) is 0 Å². The van der Waals surface area contributed by atoms with Crippen molar-refractivity contribution < 1.29 is 0 Å². The number of hydrogen-bond donors (Lipinski definition) is 2. The molecule has 2 aromatic rings. The van der Waals surface area contributed by atoms with E-state index in [1.807, 2.05) is 36.6 Å². The molecule has 0 saturated heterocycles. The van der Waals surface area contributed by atoms with Crippen molar-refractivity contribution in [3.05, 3.63) is 35.5 Å². The Balaban J connectivity index is 2.61. The van der Waals surface area contributed by atoms with Gasteiger partial charge in [-0.25, -0.2) is 15.8 Å². The van der Waals surface area contributed by atoms with Crippen LogP contribution in [0.4, 0.5) is 5.82 Å². The summed E-state index contributed by atoms with van der Waals surface area (Å²) in [5.74, 6) is 6.00. The zero-order valence-electron chi connectivity index (χ0n) is 9.14. The standard InChI is InChI=1S/C11H11ClN4S/c1-17-11-14-9(12)8(10(15-11)16-13)7-5-3-2-4-6-7/h2-6H,13H2,1H3,(H,14,15,16). The maximum Gasteiger partial charge on any atom is 0.190 e. The Bertz CT molecular complexity index is 518. The number of thioether (sulfide) groups is 1. The molecule has 0 aliphatic heterocycles. The molecule has 0 fully saturated rings. The van der Waals surface area contributed by atoms with Gasteiger partial charge in [-0.3, -0.25) is 0 Å². The summed E-state index contributed by atoms with van der Waals surface area (Å²) in [6.45, 7) is 0. The lowest BCUT2D eigenvalue weighted by Crippen LogP contribution is -2.11. The normalized spacial score (nSPS) is 10.3. The van der Waals surface area contributed by atoms with Gasteiger partial charge in [-0.1, -0.05) is 53.7 Å². The van der Waals surface area contributed by atoms with E-state index in [-0.39, 0.29) is 0 Å². The van der Waals surface area contributed by atoms with E-state index in [2.05, 4.69) is 15.4 Å². The van der Waals surface area contributed by atoms with Crippen LogP contribution >= 0.6 is 23.4 Å². The van der Waals surface area contributed by atoms with Crippen molar-refractivity contribution in [2.24, 2.45) is 5.84 Å². The summed E-state index contributed by atoms with van der Waals surface area (Å²) in [6, 6.07) is 9.65. The van der Waals surface area contributed by atoms with Crippen LogP contribution in [0.15, 0.2) is 35.5 Å². The minimum atomic E-state index is 0.392. The van der Waals surface area contributed by atoms with E-state index < -0.39 is 0 Å². The highest BCUT2D eigenvalue weighted by Crippen LogP contribution is 2.33. The van der Waals surface area contributed by atoms with Crippen LogP contribution in [-0.4, -0.2) is 16.2 Å². The highest BCUT2D eigenvalue weighted by Gasteiger charge is 2.13. The molecule has 2 rings (SSSR count). The monoisotopic (exact) mass is 266 g/mol. The Morgan fingerprint density at radius 2 is 1.94 bits per heavy atom. The number of nitrogens with zero attached hydrogens (tertiary/aromatic N) is 2. The average Bonchev–Trinajstić information content (AvgIpc) is 2.38. The third-order valence-corrected chi connectivity index (χ3v) is 3.05. The number of hydrogen-bond acceptors (Lipinski definition) is 5. The molecular weight excluding hydrogens is 256 g/mol. The first-order chi connectivity index (χ1) is 8.26. The average molecular weight is 267 g/mol. The van der Waals surface area contributed by atoms with E-state index in [4.69, 9.17) is 17.4 Å². The van der Waals surface area contributed by atoms with E-state index in [0.717, 1.165) is 5.56 Å². The van der Waals surface area contributed by atoms with Gasteiger partial charge < -0.3 is 5.43 Å². The molecule has 6 heteroatoms. The van der Waals surface area contributed by atoms with E-state index in [9.17, 15) is 0 Å². The van der Waals surface area contributed by atoms with Gasteiger partial charge in [0.05, 0.1) is 5.56 Å². The summed E-state index contributed by atoms with van der Waals surface area (Å²) in [5, 5.41) is 0.978. The van der Waals surface area contributed by atoms with E-state index in [1.165, 1.54) is 11.8 Å². The third kappa shape index (κ3) is 2.52. The molecular formula is C11H11ClN4S. The molecule has 0 atom stereocenters. The quantitative estimate of drug-likeness (QED) is 0.294. The minimum absolute atomic E-state index is 0.392. The number of anilines is 1. The summed E-state index contributed by atoms with van der Waals surface area (Å²) < 4.78 is 0. The number of aromatic nitrogens is 2. The number of hydrazine groups is 1. The van der Waals surface area contributed by atoms with Crippen molar-refractivity contribution in [1.82, 2.24) is 9.97 Å². The highest BCUT2D eigenvalue weighted by atomic mass is 35.5. The number of nitrogens with one attached hydrogen (secondary N) is 1. The lowest BCUT2D eigenvalue weighted by atomic mass is 10.1. The SMILES string of the molecule is CSc1nc(Cl)c(-c2ccccc2)c(NN)n1. The summed E-state index contributed by atoms with van der Waals surface area (Å²) in [7, 11) is 0. The molecule has 88 valence electrons. The fraction of sp³-hybridized carbons (Fsp3) is 0.0909. The molecule has 17 heavy (non-hydrogen) atoms. The fourth-order valence-corrected chi connectivity index (χ4v) is 2.16. The van der Waals surface area contributed by atoms with E-state index >= 15 is 0 Å². The van der Waals surface area contributed by atoms with Crippen LogP contribution in [0.1, 0.15) is 0 Å².